The number of rotatable bonds is 0. The van der Waals surface area contributed by atoms with Crippen molar-refractivity contribution in [2.45, 2.75) is 12.8 Å². The number of aromatic amines is 1. The highest BCUT2D eigenvalue weighted by molar-refractivity contribution is 5.85. The monoisotopic (exact) mass is 159 g/mol. The van der Waals surface area contributed by atoms with Gasteiger partial charge in [-0.3, -0.25) is 5.10 Å². The second kappa shape index (κ2) is 2.92. The molecule has 0 bridgehead atoms. The lowest BCUT2D eigenvalue weighted by Gasteiger charge is -2.10. The topological polar surface area (TPSA) is 40.7 Å². The van der Waals surface area contributed by atoms with Gasteiger partial charge in [0, 0.05) is 12.7 Å². The van der Waals surface area contributed by atoms with E-state index in [1.807, 2.05) is 6.20 Å². The summed E-state index contributed by atoms with van der Waals surface area (Å²) in [5, 5.41) is 10.1. The molecule has 2 heterocycles. The molecule has 1 aromatic heterocycles. The molecule has 2 N–H and O–H groups in total. The van der Waals surface area contributed by atoms with E-state index in [4.69, 9.17) is 0 Å². The van der Waals surface area contributed by atoms with E-state index >= 15 is 0 Å². The third kappa shape index (κ3) is 1.09. The molecule has 0 radical (unpaired) electrons. The zero-order valence-electron chi connectivity index (χ0n) is 5.55. The Morgan fingerprint density at radius 3 is 3.20 bits per heavy atom. The molecule has 0 amide bonds. The number of anilines is 1. The third-order valence-corrected chi connectivity index (χ3v) is 1.63. The van der Waals surface area contributed by atoms with Gasteiger partial charge in [-0.05, 0) is 12.8 Å². The van der Waals surface area contributed by atoms with Gasteiger partial charge in [0.15, 0.2) is 0 Å². The summed E-state index contributed by atoms with van der Waals surface area (Å²) in [5.74, 6) is 0. The van der Waals surface area contributed by atoms with E-state index in [9.17, 15) is 0 Å². The highest BCUT2D eigenvalue weighted by Crippen LogP contribution is 2.16. The Hall–Kier alpha value is -0.700. The van der Waals surface area contributed by atoms with Gasteiger partial charge in [0.1, 0.15) is 0 Å². The fraction of sp³-hybridized carbons (Fsp3) is 0.500. The summed E-state index contributed by atoms with van der Waals surface area (Å²) in [7, 11) is 0. The van der Waals surface area contributed by atoms with Crippen LogP contribution < -0.4 is 5.32 Å². The Kier molecular flexibility index (Phi) is 2.17. The largest absolute Gasteiger partial charge is 0.382 e. The minimum atomic E-state index is 0. The van der Waals surface area contributed by atoms with Crippen molar-refractivity contribution in [1.82, 2.24) is 10.2 Å². The Morgan fingerprint density at radius 1 is 1.50 bits per heavy atom. The zero-order valence-corrected chi connectivity index (χ0v) is 6.37. The van der Waals surface area contributed by atoms with Crippen LogP contribution in [0.15, 0.2) is 6.20 Å². The molecule has 0 aliphatic carbocycles. The van der Waals surface area contributed by atoms with Crippen molar-refractivity contribution in [2.24, 2.45) is 0 Å². The summed E-state index contributed by atoms with van der Waals surface area (Å²) in [6.45, 7) is 1.09. The summed E-state index contributed by atoms with van der Waals surface area (Å²) in [6, 6.07) is 0. The highest BCUT2D eigenvalue weighted by Gasteiger charge is 2.08. The van der Waals surface area contributed by atoms with Crippen LogP contribution in [-0.4, -0.2) is 16.7 Å². The van der Waals surface area contributed by atoms with Crippen molar-refractivity contribution in [1.29, 1.82) is 0 Å². The van der Waals surface area contributed by atoms with Gasteiger partial charge in [0.25, 0.3) is 0 Å². The van der Waals surface area contributed by atoms with E-state index in [1.54, 1.807) is 0 Å². The lowest BCUT2D eigenvalue weighted by Crippen LogP contribution is -2.09. The molecule has 0 fully saturated rings. The van der Waals surface area contributed by atoms with Crippen LogP contribution in [0.5, 0.6) is 0 Å². The number of hydrogen-bond acceptors (Lipinski definition) is 2. The second-order valence-electron chi connectivity index (χ2n) is 2.28. The van der Waals surface area contributed by atoms with Gasteiger partial charge in [0.05, 0.1) is 11.4 Å². The van der Waals surface area contributed by atoms with Crippen molar-refractivity contribution in [2.75, 3.05) is 11.9 Å². The predicted octanol–water partition coefficient (Wildman–Crippen LogP) is 1.19. The molecule has 1 aliphatic heterocycles. The molecule has 0 saturated heterocycles. The quantitative estimate of drug-likeness (QED) is 0.597. The fourth-order valence-corrected chi connectivity index (χ4v) is 1.14. The molecule has 0 unspecified atom stereocenters. The first kappa shape index (κ1) is 7.41. The molecule has 0 spiro atoms. The normalized spacial score (nSPS) is 14.8. The number of aromatic nitrogens is 2. The number of hydrogen-bond donors (Lipinski definition) is 2. The number of H-pyrrole nitrogens is 1. The SMILES string of the molecule is Cl.c1[nH]nc2c1NCCC2. The van der Waals surface area contributed by atoms with Crippen LogP contribution in [-0.2, 0) is 6.42 Å². The van der Waals surface area contributed by atoms with Gasteiger partial charge in [-0.2, -0.15) is 5.10 Å². The summed E-state index contributed by atoms with van der Waals surface area (Å²) < 4.78 is 0. The Morgan fingerprint density at radius 2 is 2.40 bits per heavy atom. The molecule has 56 valence electrons. The van der Waals surface area contributed by atoms with E-state index in [2.05, 4.69) is 15.5 Å². The number of halogens is 1. The Bertz CT molecular complexity index is 188. The minimum Gasteiger partial charge on any atom is -0.382 e. The number of nitrogens with zero attached hydrogens (tertiary/aromatic N) is 1. The molecule has 0 aromatic carbocycles. The molecule has 1 aromatic rings. The van der Waals surface area contributed by atoms with E-state index in [-0.39, 0.29) is 12.4 Å². The molecule has 1 aliphatic rings. The number of nitrogens with one attached hydrogen (secondary N) is 2. The van der Waals surface area contributed by atoms with Crippen LogP contribution in [0.25, 0.3) is 0 Å². The number of aryl methyl sites for hydroxylation is 1. The third-order valence-electron chi connectivity index (χ3n) is 1.63. The Balaban J connectivity index is 0.000000500. The first-order valence-electron chi connectivity index (χ1n) is 3.23. The second-order valence-corrected chi connectivity index (χ2v) is 2.28. The molecule has 3 nitrogen and oxygen atoms in total. The van der Waals surface area contributed by atoms with Crippen LogP contribution in [0.2, 0.25) is 0 Å². The van der Waals surface area contributed by atoms with Gasteiger partial charge in [-0.25, -0.2) is 0 Å². The summed E-state index contributed by atoms with van der Waals surface area (Å²) >= 11 is 0. The average molecular weight is 160 g/mol. The predicted molar refractivity (Wildman–Crippen MR) is 42.6 cm³/mol. The van der Waals surface area contributed by atoms with Crippen molar-refractivity contribution in [3.8, 4) is 0 Å². The van der Waals surface area contributed by atoms with Crippen LogP contribution in [0, 0.1) is 0 Å². The minimum absolute atomic E-state index is 0. The zero-order chi connectivity index (χ0) is 6.10. The van der Waals surface area contributed by atoms with E-state index in [0.717, 1.165) is 13.0 Å². The van der Waals surface area contributed by atoms with Gasteiger partial charge in [0.2, 0.25) is 0 Å². The first-order valence-corrected chi connectivity index (χ1v) is 3.23. The van der Waals surface area contributed by atoms with Crippen LogP contribution >= 0.6 is 12.4 Å². The van der Waals surface area contributed by atoms with Crippen LogP contribution in [0.3, 0.4) is 0 Å². The summed E-state index contributed by atoms with van der Waals surface area (Å²) in [4.78, 5) is 0. The average Bonchev–Trinajstić information content (AvgIpc) is 2.33. The maximum absolute atomic E-state index is 4.07. The van der Waals surface area contributed by atoms with Crippen molar-refractivity contribution in [3.05, 3.63) is 11.9 Å². The highest BCUT2D eigenvalue weighted by atomic mass is 35.5. The first-order chi connectivity index (χ1) is 4.47. The van der Waals surface area contributed by atoms with E-state index in [0.29, 0.717) is 0 Å². The molecule has 0 atom stereocenters. The van der Waals surface area contributed by atoms with E-state index in [1.165, 1.54) is 17.8 Å². The molecular formula is C6H10ClN3. The summed E-state index contributed by atoms with van der Waals surface area (Å²) in [5.41, 5.74) is 2.36. The van der Waals surface area contributed by atoms with Crippen molar-refractivity contribution >= 4 is 18.1 Å². The molecule has 10 heavy (non-hydrogen) atoms. The van der Waals surface area contributed by atoms with Crippen LogP contribution in [0.4, 0.5) is 5.69 Å². The fourth-order valence-electron chi connectivity index (χ4n) is 1.14. The Labute approximate surface area is 65.6 Å². The maximum Gasteiger partial charge on any atom is 0.0854 e. The lowest BCUT2D eigenvalue weighted by molar-refractivity contribution is 0.801. The lowest BCUT2D eigenvalue weighted by atomic mass is 10.1. The standard InChI is InChI=1S/C6H9N3.ClH/c1-2-5-6(7-3-1)4-8-9-5;/h4,7H,1-3H2,(H,8,9);1H. The molecular weight excluding hydrogens is 150 g/mol. The van der Waals surface area contributed by atoms with Gasteiger partial charge < -0.3 is 5.32 Å². The van der Waals surface area contributed by atoms with Crippen molar-refractivity contribution < 1.29 is 0 Å². The smallest absolute Gasteiger partial charge is 0.0854 e. The van der Waals surface area contributed by atoms with Gasteiger partial charge >= 0.3 is 0 Å². The van der Waals surface area contributed by atoms with Gasteiger partial charge in [-0.15, -0.1) is 12.4 Å². The molecule has 0 saturated carbocycles. The molecule has 4 heteroatoms. The van der Waals surface area contributed by atoms with Crippen LogP contribution in [0.1, 0.15) is 12.1 Å². The van der Waals surface area contributed by atoms with E-state index < -0.39 is 0 Å². The molecule has 2 rings (SSSR count). The summed E-state index contributed by atoms with van der Waals surface area (Å²) in [6.07, 6.45) is 4.23. The van der Waals surface area contributed by atoms with Gasteiger partial charge in [-0.1, -0.05) is 0 Å². The number of fused-ring (bicyclic) bond motifs is 1. The maximum atomic E-state index is 4.07. The van der Waals surface area contributed by atoms with Crippen molar-refractivity contribution in [3.63, 3.8) is 0 Å².